The molecular formula is C23H26ClN3O3. The molecule has 1 aliphatic carbocycles. The summed E-state index contributed by atoms with van der Waals surface area (Å²) in [6.07, 6.45) is 6.82. The molecule has 2 amide bonds. The first-order valence-corrected chi connectivity index (χ1v) is 10.9. The van der Waals surface area contributed by atoms with Gasteiger partial charge in [-0.15, -0.1) is 0 Å². The molecule has 2 heterocycles. The zero-order valence-electron chi connectivity index (χ0n) is 17.0. The van der Waals surface area contributed by atoms with Crippen LogP contribution in [0.25, 0.3) is 11.1 Å². The van der Waals surface area contributed by atoms with Gasteiger partial charge in [0.05, 0.1) is 11.6 Å². The molecule has 2 N–H and O–H groups in total. The van der Waals surface area contributed by atoms with Gasteiger partial charge in [0.25, 0.3) is 0 Å². The van der Waals surface area contributed by atoms with Gasteiger partial charge in [-0.2, -0.15) is 0 Å². The number of anilines is 1. The Labute approximate surface area is 181 Å². The van der Waals surface area contributed by atoms with Crippen molar-refractivity contribution in [3.63, 3.8) is 0 Å². The lowest BCUT2D eigenvalue weighted by Gasteiger charge is -2.28. The SMILES string of the molecule is CC(=O)N[C@@H]1CCC[C@H](C(=O)Nc2cc(-c3cccc4c3OCCC4)c(Cl)cn2)C1. The number of aromatic nitrogens is 1. The van der Waals surface area contributed by atoms with E-state index in [1.165, 1.54) is 12.5 Å². The summed E-state index contributed by atoms with van der Waals surface area (Å²) in [4.78, 5) is 28.5. The van der Waals surface area contributed by atoms with Crippen molar-refractivity contribution < 1.29 is 14.3 Å². The van der Waals surface area contributed by atoms with Crippen LogP contribution in [0.1, 0.15) is 44.6 Å². The number of pyridine rings is 1. The van der Waals surface area contributed by atoms with Crippen LogP contribution in [0.3, 0.4) is 0 Å². The Kier molecular flexibility index (Phi) is 6.23. The van der Waals surface area contributed by atoms with Crippen LogP contribution < -0.4 is 15.4 Å². The molecule has 2 atom stereocenters. The standard InChI is InChI=1S/C23H26ClN3O3/c1-14(28)26-17-8-2-6-16(11-17)23(29)27-21-12-19(20(24)13-25-21)18-9-3-5-15-7-4-10-30-22(15)18/h3,5,9,12-13,16-17H,2,4,6-8,10-11H2,1H3,(H,26,28)(H,25,27,29)/t16-,17+/m0/s1. The first kappa shape index (κ1) is 20.7. The number of nitrogens with zero attached hydrogens (tertiary/aromatic N) is 1. The molecule has 0 unspecified atom stereocenters. The van der Waals surface area contributed by atoms with Crippen molar-refractivity contribution in [3.8, 4) is 16.9 Å². The molecule has 1 fully saturated rings. The summed E-state index contributed by atoms with van der Waals surface area (Å²) in [7, 11) is 0. The van der Waals surface area contributed by atoms with E-state index >= 15 is 0 Å². The van der Waals surface area contributed by atoms with E-state index in [2.05, 4.69) is 21.7 Å². The molecule has 6 nitrogen and oxygen atoms in total. The topological polar surface area (TPSA) is 80.3 Å². The fourth-order valence-corrected chi connectivity index (χ4v) is 4.59. The van der Waals surface area contributed by atoms with Crippen molar-refractivity contribution in [3.05, 3.63) is 41.0 Å². The molecular weight excluding hydrogens is 402 g/mol. The minimum Gasteiger partial charge on any atom is -0.493 e. The van der Waals surface area contributed by atoms with Gasteiger partial charge in [-0.05, 0) is 43.7 Å². The number of hydrogen-bond acceptors (Lipinski definition) is 4. The Bertz CT molecular complexity index is 963. The van der Waals surface area contributed by atoms with E-state index in [-0.39, 0.29) is 23.8 Å². The summed E-state index contributed by atoms with van der Waals surface area (Å²) in [5, 5.41) is 6.39. The second kappa shape index (κ2) is 9.04. The van der Waals surface area contributed by atoms with Crippen LogP contribution in [0.5, 0.6) is 5.75 Å². The minimum absolute atomic E-state index is 0.0497. The molecule has 1 aromatic heterocycles. The Morgan fingerprint density at radius 3 is 2.90 bits per heavy atom. The quantitative estimate of drug-likeness (QED) is 0.759. The molecule has 4 rings (SSSR count). The van der Waals surface area contributed by atoms with Gasteiger partial charge in [0, 0.05) is 36.2 Å². The van der Waals surface area contributed by atoms with Crippen molar-refractivity contribution in [1.29, 1.82) is 0 Å². The third kappa shape index (κ3) is 4.59. The molecule has 0 spiro atoms. The number of carbonyl (C=O) groups excluding carboxylic acids is 2. The van der Waals surface area contributed by atoms with Gasteiger partial charge in [-0.3, -0.25) is 9.59 Å². The van der Waals surface area contributed by atoms with E-state index in [0.717, 1.165) is 49.0 Å². The fraction of sp³-hybridized carbons (Fsp3) is 0.435. The van der Waals surface area contributed by atoms with Crippen LogP contribution >= 0.6 is 11.6 Å². The first-order valence-electron chi connectivity index (χ1n) is 10.5. The largest absolute Gasteiger partial charge is 0.493 e. The highest BCUT2D eigenvalue weighted by molar-refractivity contribution is 6.33. The Balaban J connectivity index is 1.53. The second-order valence-corrected chi connectivity index (χ2v) is 8.45. The summed E-state index contributed by atoms with van der Waals surface area (Å²) < 4.78 is 5.92. The van der Waals surface area contributed by atoms with Gasteiger partial charge in [-0.25, -0.2) is 4.98 Å². The summed E-state index contributed by atoms with van der Waals surface area (Å²) in [6, 6.07) is 7.92. The Morgan fingerprint density at radius 1 is 1.20 bits per heavy atom. The van der Waals surface area contributed by atoms with Crippen molar-refractivity contribution >= 4 is 29.2 Å². The maximum absolute atomic E-state index is 12.8. The van der Waals surface area contributed by atoms with Crippen LogP contribution in [-0.2, 0) is 16.0 Å². The van der Waals surface area contributed by atoms with Gasteiger partial charge in [0.15, 0.2) is 0 Å². The summed E-state index contributed by atoms with van der Waals surface area (Å²) >= 11 is 6.46. The number of benzene rings is 1. The van der Waals surface area contributed by atoms with Crippen LogP contribution in [0.4, 0.5) is 5.82 Å². The zero-order valence-corrected chi connectivity index (χ0v) is 17.8. The van der Waals surface area contributed by atoms with Crippen LogP contribution in [0, 0.1) is 5.92 Å². The predicted octanol–water partition coefficient (Wildman–Crippen LogP) is 4.36. The van der Waals surface area contributed by atoms with E-state index in [9.17, 15) is 9.59 Å². The van der Waals surface area contributed by atoms with E-state index in [1.54, 1.807) is 6.20 Å². The molecule has 1 aromatic carbocycles. The maximum Gasteiger partial charge on any atom is 0.228 e. The Morgan fingerprint density at radius 2 is 2.07 bits per heavy atom. The number of fused-ring (bicyclic) bond motifs is 1. The molecule has 1 saturated carbocycles. The number of aryl methyl sites for hydroxylation is 1. The third-order valence-electron chi connectivity index (χ3n) is 5.78. The monoisotopic (exact) mass is 427 g/mol. The molecule has 2 aliphatic rings. The lowest BCUT2D eigenvalue weighted by molar-refractivity contribution is -0.123. The first-order chi connectivity index (χ1) is 14.5. The van der Waals surface area contributed by atoms with Gasteiger partial charge in [-0.1, -0.05) is 36.2 Å². The molecule has 7 heteroatoms. The average Bonchev–Trinajstić information content (AvgIpc) is 2.74. The van der Waals surface area contributed by atoms with Crippen LogP contribution in [0.15, 0.2) is 30.5 Å². The number of carbonyl (C=O) groups is 2. The number of halogens is 1. The maximum atomic E-state index is 12.8. The van der Waals surface area contributed by atoms with Crippen LogP contribution in [0.2, 0.25) is 5.02 Å². The number of amides is 2. The second-order valence-electron chi connectivity index (χ2n) is 8.05. The fourth-order valence-electron chi connectivity index (χ4n) is 4.39. The van der Waals surface area contributed by atoms with E-state index in [0.29, 0.717) is 23.9 Å². The van der Waals surface area contributed by atoms with Crippen molar-refractivity contribution in [2.24, 2.45) is 5.92 Å². The van der Waals surface area contributed by atoms with Crippen LogP contribution in [-0.4, -0.2) is 29.4 Å². The van der Waals surface area contributed by atoms with E-state index in [1.807, 2.05) is 18.2 Å². The molecule has 158 valence electrons. The smallest absolute Gasteiger partial charge is 0.228 e. The number of hydrogen-bond donors (Lipinski definition) is 2. The molecule has 0 bridgehead atoms. The summed E-state index contributed by atoms with van der Waals surface area (Å²) in [5.74, 6) is 1.05. The molecule has 0 saturated heterocycles. The number of ether oxygens (including phenoxy) is 1. The van der Waals surface area contributed by atoms with E-state index in [4.69, 9.17) is 16.3 Å². The lowest BCUT2D eigenvalue weighted by Crippen LogP contribution is -2.40. The summed E-state index contributed by atoms with van der Waals surface area (Å²) in [6.45, 7) is 2.20. The lowest BCUT2D eigenvalue weighted by atomic mass is 9.85. The normalized spacial score (nSPS) is 20.6. The van der Waals surface area contributed by atoms with Crippen molar-refractivity contribution in [1.82, 2.24) is 10.3 Å². The highest BCUT2D eigenvalue weighted by Gasteiger charge is 2.28. The van der Waals surface area contributed by atoms with Gasteiger partial charge < -0.3 is 15.4 Å². The summed E-state index contributed by atoms with van der Waals surface area (Å²) in [5.41, 5.74) is 2.88. The Hall–Kier alpha value is -2.60. The highest BCUT2D eigenvalue weighted by Crippen LogP contribution is 2.40. The van der Waals surface area contributed by atoms with Crippen molar-refractivity contribution in [2.45, 2.75) is 51.5 Å². The van der Waals surface area contributed by atoms with Gasteiger partial charge in [0.1, 0.15) is 11.6 Å². The van der Waals surface area contributed by atoms with E-state index < -0.39 is 0 Å². The predicted molar refractivity (Wildman–Crippen MR) is 117 cm³/mol. The zero-order chi connectivity index (χ0) is 21.1. The molecule has 0 radical (unpaired) electrons. The minimum atomic E-state index is -0.149. The highest BCUT2D eigenvalue weighted by atomic mass is 35.5. The molecule has 30 heavy (non-hydrogen) atoms. The van der Waals surface area contributed by atoms with Gasteiger partial charge >= 0.3 is 0 Å². The average molecular weight is 428 g/mol. The van der Waals surface area contributed by atoms with Crippen molar-refractivity contribution in [2.75, 3.05) is 11.9 Å². The number of para-hydroxylation sites is 1. The van der Waals surface area contributed by atoms with Gasteiger partial charge in [0.2, 0.25) is 11.8 Å². The molecule has 1 aliphatic heterocycles. The number of nitrogens with one attached hydrogen (secondary N) is 2. The number of rotatable bonds is 4. The third-order valence-corrected chi connectivity index (χ3v) is 6.08. The molecule has 2 aromatic rings.